The Kier molecular flexibility index (Phi) is 4.24. The lowest BCUT2D eigenvalue weighted by Gasteiger charge is -2.24. The van der Waals surface area contributed by atoms with Crippen LogP contribution in [0.4, 0.5) is 0 Å². The largest absolute Gasteiger partial charge is 0.391 e. The fourth-order valence-electron chi connectivity index (χ4n) is 4.56. The molecule has 0 spiro atoms. The first kappa shape index (κ1) is 17.2. The van der Waals surface area contributed by atoms with Crippen LogP contribution in [0, 0.1) is 0 Å². The molecule has 0 bridgehead atoms. The SMILES string of the molecule is O=C(c1nn(-c2ccccc2)c2c1CCC2)N1CC(O)CC1c1ccccc1. The lowest BCUT2D eigenvalue weighted by molar-refractivity contribution is 0.0708. The molecule has 142 valence electrons. The maximum Gasteiger partial charge on any atom is 0.275 e. The van der Waals surface area contributed by atoms with E-state index in [-0.39, 0.29) is 11.9 Å². The molecule has 1 aromatic heterocycles. The van der Waals surface area contributed by atoms with Gasteiger partial charge in [-0.05, 0) is 43.4 Å². The number of amides is 1. The number of carbonyl (C=O) groups is 1. The van der Waals surface area contributed by atoms with E-state index < -0.39 is 6.10 Å². The molecule has 2 aliphatic rings. The molecule has 2 unspecified atom stereocenters. The Balaban J connectivity index is 1.54. The van der Waals surface area contributed by atoms with E-state index in [1.807, 2.05) is 65.3 Å². The normalized spacial score (nSPS) is 21.1. The van der Waals surface area contributed by atoms with E-state index in [1.54, 1.807) is 4.90 Å². The van der Waals surface area contributed by atoms with Gasteiger partial charge in [0.1, 0.15) is 0 Å². The number of aromatic nitrogens is 2. The molecule has 1 amide bonds. The number of β-amino-alcohol motifs (C(OH)–C–C–N with tert-alkyl or cyclic N) is 1. The van der Waals surface area contributed by atoms with Crippen LogP contribution in [-0.4, -0.2) is 38.3 Å². The minimum absolute atomic E-state index is 0.0711. The Morgan fingerprint density at radius 3 is 2.46 bits per heavy atom. The summed E-state index contributed by atoms with van der Waals surface area (Å²) in [5.41, 5.74) is 4.81. The molecule has 2 aromatic carbocycles. The van der Waals surface area contributed by atoms with Gasteiger partial charge in [-0.3, -0.25) is 4.79 Å². The molecule has 0 saturated carbocycles. The Morgan fingerprint density at radius 2 is 1.71 bits per heavy atom. The molecule has 5 heteroatoms. The van der Waals surface area contributed by atoms with Crippen molar-refractivity contribution >= 4 is 5.91 Å². The summed E-state index contributed by atoms with van der Waals surface area (Å²) in [6, 6.07) is 19.9. The number of hydrogen-bond donors (Lipinski definition) is 1. The minimum Gasteiger partial charge on any atom is -0.391 e. The number of fused-ring (bicyclic) bond motifs is 1. The van der Waals surface area contributed by atoms with E-state index in [0.29, 0.717) is 18.7 Å². The molecule has 1 N–H and O–H groups in total. The highest BCUT2D eigenvalue weighted by molar-refractivity contribution is 5.95. The van der Waals surface area contributed by atoms with E-state index in [2.05, 4.69) is 0 Å². The van der Waals surface area contributed by atoms with Crippen molar-refractivity contribution < 1.29 is 9.90 Å². The first-order valence-electron chi connectivity index (χ1n) is 9.92. The summed E-state index contributed by atoms with van der Waals surface area (Å²) in [4.78, 5) is 15.3. The summed E-state index contributed by atoms with van der Waals surface area (Å²) >= 11 is 0. The number of aliphatic hydroxyl groups excluding tert-OH is 1. The van der Waals surface area contributed by atoms with Crippen LogP contribution in [0.5, 0.6) is 0 Å². The Hall–Kier alpha value is -2.92. The first-order chi connectivity index (χ1) is 13.7. The van der Waals surface area contributed by atoms with Gasteiger partial charge < -0.3 is 10.0 Å². The summed E-state index contributed by atoms with van der Waals surface area (Å²) in [6.07, 6.45) is 2.94. The molecular formula is C23H23N3O2. The molecule has 3 aromatic rings. The number of aliphatic hydroxyl groups is 1. The second-order valence-electron chi connectivity index (χ2n) is 7.65. The summed E-state index contributed by atoms with van der Waals surface area (Å²) in [7, 11) is 0. The number of carbonyl (C=O) groups excluding carboxylic acids is 1. The summed E-state index contributed by atoms with van der Waals surface area (Å²) < 4.78 is 1.93. The molecular weight excluding hydrogens is 350 g/mol. The highest BCUT2D eigenvalue weighted by atomic mass is 16.3. The quantitative estimate of drug-likeness (QED) is 0.766. The predicted octanol–water partition coefficient (Wildman–Crippen LogP) is 3.31. The maximum atomic E-state index is 13.5. The number of nitrogens with zero attached hydrogens (tertiary/aromatic N) is 3. The second kappa shape index (κ2) is 6.91. The Labute approximate surface area is 164 Å². The molecule has 1 fully saturated rings. The van der Waals surface area contributed by atoms with Crippen molar-refractivity contribution in [1.29, 1.82) is 0 Å². The Morgan fingerprint density at radius 1 is 1.00 bits per heavy atom. The summed E-state index contributed by atoms with van der Waals surface area (Å²) in [6.45, 7) is 0.353. The van der Waals surface area contributed by atoms with Crippen LogP contribution in [-0.2, 0) is 12.8 Å². The zero-order chi connectivity index (χ0) is 19.1. The van der Waals surface area contributed by atoms with Crippen molar-refractivity contribution in [2.45, 2.75) is 37.8 Å². The first-order valence-corrected chi connectivity index (χ1v) is 9.92. The number of benzene rings is 2. The summed E-state index contributed by atoms with van der Waals surface area (Å²) in [5.74, 6) is -0.0711. The van der Waals surface area contributed by atoms with Crippen molar-refractivity contribution in [2.75, 3.05) is 6.54 Å². The molecule has 28 heavy (non-hydrogen) atoms. The molecule has 1 saturated heterocycles. The third-order valence-corrected chi connectivity index (χ3v) is 5.86. The van der Waals surface area contributed by atoms with Gasteiger partial charge >= 0.3 is 0 Å². The topological polar surface area (TPSA) is 58.4 Å². The number of likely N-dealkylation sites (tertiary alicyclic amines) is 1. The van der Waals surface area contributed by atoms with Gasteiger partial charge in [0.25, 0.3) is 5.91 Å². The maximum absolute atomic E-state index is 13.5. The van der Waals surface area contributed by atoms with Crippen LogP contribution in [0.3, 0.4) is 0 Å². The van der Waals surface area contributed by atoms with E-state index in [9.17, 15) is 9.90 Å². The molecule has 1 aliphatic carbocycles. The lowest BCUT2D eigenvalue weighted by Crippen LogP contribution is -2.32. The van der Waals surface area contributed by atoms with Crippen molar-refractivity contribution in [3.05, 3.63) is 83.2 Å². The highest BCUT2D eigenvalue weighted by Gasteiger charge is 2.38. The van der Waals surface area contributed by atoms with Crippen LogP contribution >= 0.6 is 0 Å². The van der Waals surface area contributed by atoms with E-state index in [0.717, 1.165) is 41.8 Å². The molecule has 1 aliphatic heterocycles. The fraction of sp³-hybridized carbons (Fsp3) is 0.304. The van der Waals surface area contributed by atoms with Crippen LogP contribution < -0.4 is 0 Å². The monoisotopic (exact) mass is 373 g/mol. The number of hydrogen-bond acceptors (Lipinski definition) is 3. The van der Waals surface area contributed by atoms with Crippen molar-refractivity contribution in [3.63, 3.8) is 0 Å². The van der Waals surface area contributed by atoms with E-state index >= 15 is 0 Å². The van der Waals surface area contributed by atoms with Crippen LogP contribution in [0.2, 0.25) is 0 Å². The third-order valence-electron chi connectivity index (χ3n) is 5.86. The predicted molar refractivity (Wildman–Crippen MR) is 106 cm³/mol. The van der Waals surface area contributed by atoms with Crippen LogP contribution in [0.1, 0.15) is 46.2 Å². The minimum atomic E-state index is -0.501. The molecule has 5 nitrogen and oxygen atoms in total. The second-order valence-corrected chi connectivity index (χ2v) is 7.65. The standard InChI is InChI=1S/C23H23N3O2/c27-18-14-21(16-8-3-1-4-9-16)25(15-18)23(28)22-19-12-7-13-20(19)26(24-22)17-10-5-2-6-11-17/h1-6,8-11,18,21,27H,7,12-15H2. The van der Waals surface area contributed by atoms with Gasteiger partial charge in [-0.25, -0.2) is 4.68 Å². The van der Waals surface area contributed by atoms with Gasteiger partial charge in [-0.2, -0.15) is 5.10 Å². The van der Waals surface area contributed by atoms with Gasteiger partial charge in [0.15, 0.2) is 5.69 Å². The van der Waals surface area contributed by atoms with Crippen molar-refractivity contribution in [3.8, 4) is 5.69 Å². The van der Waals surface area contributed by atoms with Crippen molar-refractivity contribution in [2.24, 2.45) is 0 Å². The van der Waals surface area contributed by atoms with Crippen molar-refractivity contribution in [1.82, 2.24) is 14.7 Å². The smallest absolute Gasteiger partial charge is 0.275 e. The molecule has 0 radical (unpaired) electrons. The average Bonchev–Trinajstić information content (AvgIpc) is 3.44. The van der Waals surface area contributed by atoms with Gasteiger partial charge in [0, 0.05) is 17.8 Å². The van der Waals surface area contributed by atoms with Crippen LogP contribution in [0.15, 0.2) is 60.7 Å². The Bertz CT molecular complexity index is 997. The number of para-hydroxylation sites is 1. The zero-order valence-corrected chi connectivity index (χ0v) is 15.7. The number of rotatable bonds is 3. The third kappa shape index (κ3) is 2.83. The highest BCUT2D eigenvalue weighted by Crippen LogP contribution is 2.35. The van der Waals surface area contributed by atoms with Gasteiger partial charge in [0.2, 0.25) is 0 Å². The molecule has 2 atom stereocenters. The van der Waals surface area contributed by atoms with Gasteiger partial charge in [-0.1, -0.05) is 48.5 Å². The van der Waals surface area contributed by atoms with Gasteiger partial charge in [0.05, 0.1) is 17.8 Å². The average molecular weight is 373 g/mol. The molecule has 2 heterocycles. The van der Waals surface area contributed by atoms with Gasteiger partial charge in [-0.15, -0.1) is 0 Å². The summed E-state index contributed by atoms with van der Waals surface area (Å²) in [5, 5.41) is 15.0. The van der Waals surface area contributed by atoms with E-state index in [4.69, 9.17) is 5.10 Å². The fourth-order valence-corrected chi connectivity index (χ4v) is 4.56. The zero-order valence-electron chi connectivity index (χ0n) is 15.7. The van der Waals surface area contributed by atoms with Crippen LogP contribution in [0.25, 0.3) is 5.69 Å². The van der Waals surface area contributed by atoms with E-state index in [1.165, 1.54) is 0 Å². The lowest BCUT2D eigenvalue weighted by atomic mass is 10.0. The molecule has 5 rings (SSSR count).